The minimum Gasteiger partial charge on any atom is -0.330 e. The number of rotatable bonds is 10. The molecule has 0 unspecified atom stereocenters. The fourth-order valence-corrected chi connectivity index (χ4v) is 5.72. The zero-order valence-electron chi connectivity index (χ0n) is 25.1. The number of carbonyl (C=O) groups excluding carboxylic acids is 3. The van der Waals surface area contributed by atoms with Gasteiger partial charge in [-0.05, 0) is 37.5 Å². The molecule has 9 nitrogen and oxygen atoms in total. The molecule has 3 aromatic heterocycles. The molecule has 0 aliphatic carbocycles. The lowest BCUT2D eigenvalue weighted by atomic mass is 9.98. The number of aromatic nitrogens is 4. The number of aryl methyl sites for hydroxylation is 3. The highest BCUT2D eigenvalue weighted by Gasteiger charge is 2.32. The number of amides is 2. The topological polar surface area (TPSA) is 106 Å². The van der Waals surface area contributed by atoms with E-state index in [0.717, 1.165) is 51.1 Å². The van der Waals surface area contributed by atoms with E-state index in [4.69, 9.17) is 14.2 Å². The van der Waals surface area contributed by atoms with Crippen LogP contribution in [0.2, 0.25) is 0 Å². The Hall–Kier alpha value is -5.09. The van der Waals surface area contributed by atoms with Gasteiger partial charge in [-0.25, -0.2) is 14.3 Å². The van der Waals surface area contributed by atoms with E-state index in [-0.39, 0.29) is 19.3 Å². The van der Waals surface area contributed by atoms with Crippen molar-refractivity contribution in [3.8, 4) is 22.4 Å². The number of hydrogen-bond acceptors (Lipinski definition) is 8. The van der Waals surface area contributed by atoms with Gasteiger partial charge in [0, 0.05) is 48.9 Å². The SMILES string of the molecule is Cc1ccc(-c2nc(/C=C/c3cc[n+](CCCCC(=O)ON4C(=O)CCC4=O)cc3)c(-c3ccc(C)cc3)c3nsnc23)cc1. The van der Waals surface area contributed by atoms with E-state index in [9.17, 15) is 14.4 Å². The number of nitrogens with zero attached hydrogens (tertiary/aromatic N) is 5. The third kappa shape index (κ3) is 6.86. The second-order valence-corrected chi connectivity index (χ2v) is 11.6. The zero-order valence-corrected chi connectivity index (χ0v) is 25.9. The van der Waals surface area contributed by atoms with E-state index < -0.39 is 17.8 Å². The van der Waals surface area contributed by atoms with Crippen molar-refractivity contribution in [3.05, 3.63) is 95.4 Å². The molecule has 226 valence electrons. The summed E-state index contributed by atoms with van der Waals surface area (Å²) >= 11 is 1.20. The van der Waals surface area contributed by atoms with Crippen LogP contribution in [0.3, 0.4) is 0 Å². The molecule has 1 saturated heterocycles. The number of fused-ring (bicyclic) bond motifs is 1. The molecular weight excluding hydrogens is 586 g/mol. The molecule has 10 heteroatoms. The van der Waals surface area contributed by atoms with Gasteiger partial charge in [0.05, 0.1) is 23.1 Å². The third-order valence-corrected chi connectivity index (χ3v) is 8.23. The summed E-state index contributed by atoms with van der Waals surface area (Å²) < 4.78 is 11.4. The van der Waals surface area contributed by atoms with Crippen LogP contribution < -0.4 is 4.57 Å². The van der Waals surface area contributed by atoms with Crippen LogP contribution in [0.25, 0.3) is 45.6 Å². The molecule has 45 heavy (non-hydrogen) atoms. The van der Waals surface area contributed by atoms with Crippen molar-refractivity contribution >= 4 is 52.7 Å². The number of imide groups is 1. The predicted molar refractivity (Wildman–Crippen MR) is 172 cm³/mol. The van der Waals surface area contributed by atoms with Crippen molar-refractivity contribution in [2.45, 2.75) is 52.5 Å². The van der Waals surface area contributed by atoms with Gasteiger partial charge in [-0.15, -0.1) is 5.06 Å². The van der Waals surface area contributed by atoms with Gasteiger partial charge in [-0.2, -0.15) is 8.75 Å². The maximum atomic E-state index is 12.0. The van der Waals surface area contributed by atoms with Crippen LogP contribution in [0.5, 0.6) is 0 Å². The standard InChI is InChI=1S/C35H32N5O4S/c1-23-6-11-26(12-7-23)32-28(36-33(35-34(32)37-45-38-35)27-13-8-24(2)9-14-27)15-10-25-18-21-39(22-19-25)20-4-3-5-31(43)44-40-29(41)16-17-30(40)42/h6-15,18-19,21-22H,3-5,16-17,20H2,1-2H3/q+1/b15-10+. The summed E-state index contributed by atoms with van der Waals surface area (Å²) in [5, 5.41) is 0.595. The summed E-state index contributed by atoms with van der Waals surface area (Å²) in [5.41, 5.74) is 9.61. The Morgan fingerprint density at radius 1 is 0.844 bits per heavy atom. The second-order valence-electron chi connectivity index (χ2n) is 11.1. The predicted octanol–water partition coefficient (Wildman–Crippen LogP) is 6.27. The number of pyridine rings is 2. The highest BCUT2D eigenvalue weighted by molar-refractivity contribution is 7.00. The Bertz CT molecular complexity index is 1880. The molecule has 1 aliphatic rings. The average molecular weight is 619 g/mol. The molecule has 0 radical (unpaired) electrons. The molecule has 5 aromatic rings. The molecule has 0 bridgehead atoms. The van der Waals surface area contributed by atoms with Crippen molar-refractivity contribution < 1.29 is 23.8 Å². The Morgan fingerprint density at radius 2 is 1.47 bits per heavy atom. The van der Waals surface area contributed by atoms with Gasteiger partial charge in [-0.1, -0.05) is 65.7 Å². The zero-order chi connectivity index (χ0) is 31.3. The Kier molecular flexibility index (Phi) is 8.84. The normalized spacial score (nSPS) is 13.3. The fourth-order valence-electron chi connectivity index (χ4n) is 5.17. The molecule has 4 heterocycles. The smallest absolute Gasteiger partial charge is 0.330 e. The molecule has 2 aromatic carbocycles. The molecule has 0 N–H and O–H groups in total. The van der Waals surface area contributed by atoms with E-state index in [1.165, 1.54) is 22.9 Å². The number of hydrogen-bond donors (Lipinski definition) is 0. The van der Waals surface area contributed by atoms with E-state index in [1.54, 1.807) is 0 Å². The van der Waals surface area contributed by atoms with E-state index in [1.807, 2.05) is 36.7 Å². The van der Waals surface area contributed by atoms with E-state index >= 15 is 0 Å². The summed E-state index contributed by atoms with van der Waals surface area (Å²) in [6, 6.07) is 20.8. The van der Waals surface area contributed by atoms with E-state index in [2.05, 4.69) is 71.3 Å². The van der Waals surface area contributed by atoms with Gasteiger partial charge in [-0.3, -0.25) is 9.59 Å². The molecule has 2 amide bonds. The van der Waals surface area contributed by atoms with Crippen LogP contribution in [0.15, 0.2) is 73.1 Å². The molecule has 6 rings (SSSR count). The lowest BCUT2D eigenvalue weighted by Gasteiger charge is -2.12. The fraction of sp³-hybridized carbons (Fsp3) is 0.229. The summed E-state index contributed by atoms with van der Waals surface area (Å²) in [6.45, 7) is 4.85. The second kappa shape index (κ2) is 13.3. The molecule has 1 aliphatic heterocycles. The molecule has 0 spiro atoms. The lowest BCUT2D eigenvalue weighted by Crippen LogP contribution is -2.33. The first-order chi connectivity index (χ1) is 21.9. The van der Waals surface area contributed by atoms with Crippen LogP contribution in [0.4, 0.5) is 0 Å². The van der Waals surface area contributed by atoms with Gasteiger partial charge < -0.3 is 4.84 Å². The highest BCUT2D eigenvalue weighted by atomic mass is 32.1. The summed E-state index contributed by atoms with van der Waals surface area (Å²) in [7, 11) is 0. The summed E-state index contributed by atoms with van der Waals surface area (Å²) in [6.07, 6.45) is 9.71. The maximum absolute atomic E-state index is 12.0. The molecular formula is C35H32N5O4S+. The average Bonchev–Trinajstić information content (AvgIpc) is 3.66. The van der Waals surface area contributed by atoms with Gasteiger partial charge in [0.2, 0.25) is 0 Å². The van der Waals surface area contributed by atoms with Crippen molar-refractivity contribution in [1.82, 2.24) is 18.8 Å². The number of hydroxylamine groups is 2. The Morgan fingerprint density at radius 3 is 2.13 bits per heavy atom. The molecule has 0 saturated carbocycles. The molecule has 1 fully saturated rings. The number of benzene rings is 2. The third-order valence-electron chi connectivity index (χ3n) is 7.70. The first-order valence-electron chi connectivity index (χ1n) is 14.9. The first kappa shape index (κ1) is 30.0. The van der Waals surface area contributed by atoms with Crippen molar-refractivity contribution in [2.75, 3.05) is 0 Å². The van der Waals surface area contributed by atoms with Gasteiger partial charge in [0.15, 0.2) is 12.4 Å². The monoisotopic (exact) mass is 618 g/mol. The number of unbranched alkanes of at least 4 members (excludes halogenated alkanes) is 1. The van der Waals surface area contributed by atoms with Crippen molar-refractivity contribution in [1.29, 1.82) is 0 Å². The number of carbonyl (C=O) groups is 3. The van der Waals surface area contributed by atoms with Crippen molar-refractivity contribution in [2.24, 2.45) is 0 Å². The van der Waals surface area contributed by atoms with Crippen molar-refractivity contribution in [3.63, 3.8) is 0 Å². The van der Waals surface area contributed by atoms with Gasteiger partial charge in [0.25, 0.3) is 11.8 Å². The summed E-state index contributed by atoms with van der Waals surface area (Å²) in [5.74, 6) is -1.50. The van der Waals surface area contributed by atoms with Crippen LogP contribution >= 0.6 is 11.7 Å². The lowest BCUT2D eigenvalue weighted by molar-refractivity contribution is -0.697. The van der Waals surface area contributed by atoms with Crippen LogP contribution in [0.1, 0.15) is 54.5 Å². The van der Waals surface area contributed by atoms with Gasteiger partial charge >= 0.3 is 5.97 Å². The Balaban J connectivity index is 1.18. The quantitative estimate of drug-likeness (QED) is 0.103. The summed E-state index contributed by atoms with van der Waals surface area (Å²) in [4.78, 5) is 45.4. The highest BCUT2D eigenvalue weighted by Crippen LogP contribution is 2.36. The minimum absolute atomic E-state index is 0.0886. The maximum Gasteiger partial charge on any atom is 0.333 e. The largest absolute Gasteiger partial charge is 0.333 e. The van der Waals surface area contributed by atoms with Crippen LogP contribution in [-0.4, -0.2) is 36.6 Å². The van der Waals surface area contributed by atoms with Gasteiger partial charge in [0.1, 0.15) is 17.6 Å². The minimum atomic E-state index is -0.570. The van der Waals surface area contributed by atoms with E-state index in [0.29, 0.717) is 18.0 Å². The van der Waals surface area contributed by atoms with Crippen LogP contribution in [-0.2, 0) is 25.8 Å². The Labute approximate surface area is 265 Å². The first-order valence-corrected chi connectivity index (χ1v) is 15.6. The van der Waals surface area contributed by atoms with Crippen LogP contribution in [0, 0.1) is 13.8 Å². The molecule has 0 atom stereocenters.